The number of ether oxygens (including phenoxy) is 1. The van der Waals surface area contributed by atoms with Gasteiger partial charge in [0.05, 0.1) is 0 Å². The second-order valence-corrected chi connectivity index (χ2v) is 3.21. The molecule has 0 aromatic heterocycles. The van der Waals surface area contributed by atoms with Gasteiger partial charge in [-0.15, -0.1) is 0 Å². The second kappa shape index (κ2) is 3.66. The molecule has 0 bridgehead atoms. The van der Waals surface area contributed by atoms with Gasteiger partial charge in [0.2, 0.25) is 0 Å². The Kier molecular flexibility index (Phi) is 3.01. The molecule has 1 rings (SSSR count). The van der Waals surface area contributed by atoms with Crippen molar-refractivity contribution in [2.45, 2.75) is 44.3 Å². The summed E-state index contributed by atoms with van der Waals surface area (Å²) in [5, 5.41) is 8.80. The highest BCUT2D eigenvalue weighted by atomic mass is 19.3. The number of hydrogen-bond acceptors (Lipinski definition) is 2. The molecule has 1 saturated heterocycles. The standard InChI is InChI=1S/C8H14F2O2/c1-6(11)8(9,10)7-4-2-3-5-12-7/h6-7,11H,2-5H2,1H3. The van der Waals surface area contributed by atoms with Crippen molar-refractivity contribution in [2.24, 2.45) is 0 Å². The average molecular weight is 180 g/mol. The van der Waals surface area contributed by atoms with Crippen LogP contribution in [0.2, 0.25) is 0 Å². The Morgan fingerprint density at radius 3 is 2.58 bits per heavy atom. The number of hydrogen-bond donors (Lipinski definition) is 1. The SMILES string of the molecule is CC(O)C(F)(F)C1CCCCO1. The van der Waals surface area contributed by atoms with Crippen LogP contribution in [0.15, 0.2) is 0 Å². The van der Waals surface area contributed by atoms with Crippen LogP contribution < -0.4 is 0 Å². The van der Waals surface area contributed by atoms with E-state index in [9.17, 15) is 8.78 Å². The van der Waals surface area contributed by atoms with Crippen LogP contribution in [0.1, 0.15) is 26.2 Å². The maximum absolute atomic E-state index is 13.1. The van der Waals surface area contributed by atoms with Gasteiger partial charge >= 0.3 is 0 Å². The summed E-state index contributed by atoms with van der Waals surface area (Å²) < 4.78 is 31.0. The molecule has 1 aliphatic heterocycles. The van der Waals surface area contributed by atoms with Gasteiger partial charge in [0, 0.05) is 6.61 Å². The summed E-state index contributed by atoms with van der Waals surface area (Å²) in [4.78, 5) is 0. The quantitative estimate of drug-likeness (QED) is 0.699. The molecule has 2 nitrogen and oxygen atoms in total. The van der Waals surface area contributed by atoms with Gasteiger partial charge in [-0.3, -0.25) is 0 Å². The molecule has 72 valence electrons. The summed E-state index contributed by atoms with van der Waals surface area (Å²) in [7, 11) is 0. The molecule has 1 aliphatic rings. The zero-order valence-corrected chi connectivity index (χ0v) is 7.09. The summed E-state index contributed by atoms with van der Waals surface area (Å²) in [6, 6.07) is 0. The van der Waals surface area contributed by atoms with E-state index in [-0.39, 0.29) is 0 Å². The molecule has 1 fully saturated rings. The number of alkyl halides is 2. The smallest absolute Gasteiger partial charge is 0.298 e. The van der Waals surface area contributed by atoms with Crippen molar-refractivity contribution in [2.75, 3.05) is 6.61 Å². The Hall–Kier alpha value is -0.220. The fraction of sp³-hybridized carbons (Fsp3) is 1.00. The number of aliphatic hydroxyl groups excluding tert-OH is 1. The largest absolute Gasteiger partial charge is 0.387 e. The molecule has 1 N–H and O–H groups in total. The Morgan fingerprint density at radius 2 is 2.17 bits per heavy atom. The monoisotopic (exact) mass is 180 g/mol. The fourth-order valence-corrected chi connectivity index (χ4v) is 1.31. The van der Waals surface area contributed by atoms with E-state index in [0.717, 1.165) is 19.8 Å². The molecule has 2 atom stereocenters. The molecule has 0 saturated carbocycles. The summed E-state index contributed by atoms with van der Waals surface area (Å²) in [5.74, 6) is -3.10. The second-order valence-electron chi connectivity index (χ2n) is 3.21. The van der Waals surface area contributed by atoms with Crippen LogP contribution in [0.4, 0.5) is 8.78 Å². The van der Waals surface area contributed by atoms with E-state index in [4.69, 9.17) is 9.84 Å². The van der Waals surface area contributed by atoms with Crippen molar-refractivity contribution < 1.29 is 18.6 Å². The predicted molar refractivity (Wildman–Crippen MR) is 40.2 cm³/mol. The van der Waals surface area contributed by atoms with Crippen LogP contribution in [0, 0.1) is 0 Å². The summed E-state index contributed by atoms with van der Waals surface area (Å²) in [5.41, 5.74) is 0. The molecule has 12 heavy (non-hydrogen) atoms. The Bertz CT molecular complexity index is 142. The highest BCUT2D eigenvalue weighted by molar-refractivity contribution is 4.84. The molecular weight excluding hydrogens is 166 g/mol. The van der Waals surface area contributed by atoms with Crippen LogP contribution in [-0.2, 0) is 4.74 Å². The number of rotatable bonds is 2. The van der Waals surface area contributed by atoms with Gasteiger partial charge in [0.25, 0.3) is 5.92 Å². The lowest BCUT2D eigenvalue weighted by Crippen LogP contribution is -2.45. The van der Waals surface area contributed by atoms with Crippen LogP contribution in [0.5, 0.6) is 0 Å². The van der Waals surface area contributed by atoms with Crippen molar-refractivity contribution in [1.29, 1.82) is 0 Å². The van der Waals surface area contributed by atoms with Gasteiger partial charge < -0.3 is 9.84 Å². The van der Waals surface area contributed by atoms with E-state index in [1.54, 1.807) is 0 Å². The topological polar surface area (TPSA) is 29.5 Å². The van der Waals surface area contributed by atoms with Crippen molar-refractivity contribution in [3.63, 3.8) is 0 Å². The molecule has 1 heterocycles. The third-order valence-electron chi connectivity index (χ3n) is 2.17. The third-order valence-corrected chi connectivity index (χ3v) is 2.17. The minimum Gasteiger partial charge on any atom is -0.387 e. The lowest BCUT2D eigenvalue weighted by atomic mass is 10.0. The van der Waals surface area contributed by atoms with Crippen LogP contribution in [0.3, 0.4) is 0 Å². The zero-order valence-electron chi connectivity index (χ0n) is 7.09. The van der Waals surface area contributed by atoms with E-state index in [0.29, 0.717) is 13.0 Å². The fourth-order valence-electron chi connectivity index (χ4n) is 1.31. The molecule has 0 aromatic carbocycles. The highest BCUT2D eigenvalue weighted by Crippen LogP contribution is 2.31. The maximum Gasteiger partial charge on any atom is 0.298 e. The van der Waals surface area contributed by atoms with E-state index >= 15 is 0 Å². The minimum absolute atomic E-state index is 0.345. The Labute approximate surface area is 70.5 Å². The van der Waals surface area contributed by atoms with Crippen molar-refractivity contribution in [3.8, 4) is 0 Å². The molecule has 0 amide bonds. The van der Waals surface area contributed by atoms with E-state index < -0.39 is 18.1 Å². The third kappa shape index (κ3) is 1.93. The molecule has 0 radical (unpaired) electrons. The lowest BCUT2D eigenvalue weighted by Gasteiger charge is -2.31. The summed E-state index contributed by atoms with van der Waals surface area (Å²) >= 11 is 0. The first-order valence-electron chi connectivity index (χ1n) is 4.22. The van der Waals surface area contributed by atoms with Crippen molar-refractivity contribution in [1.82, 2.24) is 0 Å². The molecule has 2 unspecified atom stereocenters. The summed E-state index contributed by atoms with van der Waals surface area (Å²) in [6.07, 6.45) is -0.774. The van der Waals surface area contributed by atoms with Crippen LogP contribution in [-0.4, -0.2) is 29.8 Å². The first-order chi connectivity index (χ1) is 5.55. The van der Waals surface area contributed by atoms with Crippen LogP contribution in [0.25, 0.3) is 0 Å². The molecule has 0 aromatic rings. The number of halogens is 2. The zero-order chi connectivity index (χ0) is 9.19. The van der Waals surface area contributed by atoms with Crippen LogP contribution >= 0.6 is 0 Å². The van der Waals surface area contributed by atoms with E-state index in [1.165, 1.54) is 0 Å². The minimum atomic E-state index is -3.10. The number of aliphatic hydroxyl groups is 1. The Balaban J connectivity index is 2.53. The summed E-state index contributed by atoms with van der Waals surface area (Å²) in [6.45, 7) is 1.48. The van der Waals surface area contributed by atoms with Gasteiger partial charge in [0.15, 0.2) is 0 Å². The Morgan fingerprint density at radius 1 is 1.50 bits per heavy atom. The normalized spacial score (nSPS) is 28.5. The van der Waals surface area contributed by atoms with Gasteiger partial charge in [-0.25, -0.2) is 8.78 Å². The van der Waals surface area contributed by atoms with Gasteiger partial charge in [0.1, 0.15) is 12.2 Å². The van der Waals surface area contributed by atoms with E-state index in [2.05, 4.69) is 0 Å². The first kappa shape index (κ1) is 9.86. The maximum atomic E-state index is 13.1. The lowest BCUT2D eigenvalue weighted by molar-refractivity contribution is -0.199. The highest BCUT2D eigenvalue weighted by Gasteiger charge is 2.45. The predicted octanol–water partition coefficient (Wildman–Crippen LogP) is 1.57. The van der Waals surface area contributed by atoms with E-state index in [1.807, 2.05) is 0 Å². The molecular formula is C8H14F2O2. The average Bonchev–Trinajstić information content (AvgIpc) is 2.06. The first-order valence-corrected chi connectivity index (χ1v) is 4.22. The van der Waals surface area contributed by atoms with Crippen molar-refractivity contribution in [3.05, 3.63) is 0 Å². The van der Waals surface area contributed by atoms with Crippen molar-refractivity contribution >= 4 is 0 Å². The van der Waals surface area contributed by atoms with Gasteiger partial charge in [-0.05, 0) is 26.2 Å². The van der Waals surface area contributed by atoms with Gasteiger partial charge in [-0.2, -0.15) is 0 Å². The molecule has 0 aliphatic carbocycles. The van der Waals surface area contributed by atoms with Gasteiger partial charge in [-0.1, -0.05) is 0 Å². The molecule has 0 spiro atoms. The molecule has 4 heteroatoms.